The molecule has 1 rings (SSSR count). The number of carboxylic acids is 1. The largest absolute Gasteiger partial charge is 0.480 e. The minimum Gasteiger partial charge on any atom is -0.480 e. The minimum absolute atomic E-state index is 0.189. The summed E-state index contributed by atoms with van der Waals surface area (Å²) in [4.78, 5) is 23.2. The van der Waals surface area contributed by atoms with Crippen molar-refractivity contribution in [3.05, 3.63) is 21.3 Å². The fourth-order valence-electron chi connectivity index (χ4n) is 1.49. The van der Waals surface area contributed by atoms with Crippen molar-refractivity contribution in [3.63, 3.8) is 0 Å². The summed E-state index contributed by atoms with van der Waals surface area (Å²) in [6.45, 7) is -1.11. The average Bonchev–Trinajstić information content (AvgIpc) is 2.72. The number of urea groups is 1. The molecular formula is C11H12ClF3N2O3S. The first kappa shape index (κ1) is 17.6. The van der Waals surface area contributed by atoms with Gasteiger partial charge in [0.25, 0.3) is 0 Å². The minimum atomic E-state index is -4.68. The molecule has 0 saturated heterocycles. The van der Waals surface area contributed by atoms with E-state index in [0.29, 0.717) is 9.21 Å². The molecule has 0 fully saturated rings. The fraction of sp³-hybridized carbons (Fsp3) is 0.455. The maximum absolute atomic E-state index is 12.4. The van der Waals surface area contributed by atoms with Crippen molar-refractivity contribution in [2.45, 2.75) is 19.1 Å². The number of amides is 2. The molecule has 0 saturated carbocycles. The van der Waals surface area contributed by atoms with Gasteiger partial charge in [-0.25, -0.2) is 4.79 Å². The van der Waals surface area contributed by atoms with Crippen LogP contribution in [0.3, 0.4) is 0 Å². The van der Waals surface area contributed by atoms with Gasteiger partial charge >= 0.3 is 18.2 Å². The van der Waals surface area contributed by atoms with Crippen LogP contribution in [-0.4, -0.2) is 41.3 Å². The van der Waals surface area contributed by atoms with Gasteiger partial charge in [0.2, 0.25) is 0 Å². The zero-order valence-electron chi connectivity index (χ0n) is 10.8. The zero-order chi connectivity index (χ0) is 16.2. The third-order valence-corrected chi connectivity index (χ3v) is 3.76. The van der Waals surface area contributed by atoms with Gasteiger partial charge in [0.15, 0.2) is 0 Å². The molecule has 0 aliphatic rings. The van der Waals surface area contributed by atoms with Gasteiger partial charge < -0.3 is 15.3 Å². The second-order valence-electron chi connectivity index (χ2n) is 4.18. The topological polar surface area (TPSA) is 69.6 Å². The second kappa shape index (κ2) is 6.99. The van der Waals surface area contributed by atoms with Crippen LogP contribution >= 0.6 is 22.9 Å². The van der Waals surface area contributed by atoms with Crippen LogP contribution in [0.4, 0.5) is 18.0 Å². The summed E-state index contributed by atoms with van der Waals surface area (Å²) in [5, 5.41) is 10.9. The Hall–Kier alpha value is -1.48. The SMILES string of the molecule is CC(NC(=O)N(CC(=O)O)CC(F)(F)F)c1ccc(Cl)s1. The zero-order valence-corrected chi connectivity index (χ0v) is 12.3. The first-order valence-electron chi connectivity index (χ1n) is 5.67. The summed E-state index contributed by atoms with van der Waals surface area (Å²) in [5.41, 5.74) is 0. The number of hydrogen-bond acceptors (Lipinski definition) is 3. The van der Waals surface area contributed by atoms with Crippen molar-refractivity contribution in [2.75, 3.05) is 13.1 Å². The molecule has 0 bridgehead atoms. The number of carboxylic acid groups (broad SMARTS) is 1. The predicted octanol–water partition coefficient (Wildman–Crippen LogP) is 3.12. The van der Waals surface area contributed by atoms with Gasteiger partial charge in [0.1, 0.15) is 13.1 Å². The molecule has 1 aromatic rings. The molecule has 1 unspecified atom stereocenters. The van der Waals surface area contributed by atoms with E-state index >= 15 is 0 Å². The van der Waals surface area contributed by atoms with Crippen LogP contribution in [0.15, 0.2) is 12.1 Å². The maximum Gasteiger partial charge on any atom is 0.406 e. The highest BCUT2D eigenvalue weighted by Gasteiger charge is 2.34. The standard InChI is InChI=1S/C11H12ClF3N2O3S/c1-6(7-2-3-8(12)21-7)16-10(20)17(4-9(18)19)5-11(13,14)15/h2-3,6H,4-5H2,1H3,(H,16,20)(H,18,19). The molecule has 10 heteroatoms. The Labute approximate surface area is 127 Å². The van der Waals surface area contributed by atoms with Gasteiger partial charge in [-0.05, 0) is 19.1 Å². The molecule has 1 atom stereocenters. The Balaban J connectivity index is 2.73. The summed E-state index contributed by atoms with van der Waals surface area (Å²) >= 11 is 6.90. The van der Waals surface area contributed by atoms with Crippen LogP contribution in [0.1, 0.15) is 17.8 Å². The summed E-state index contributed by atoms with van der Waals surface area (Å²) < 4.78 is 37.5. The quantitative estimate of drug-likeness (QED) is 0.862. The fourth-order valence-corrected chi connectivity index (χ4v) is 2.55. The number of carbonyl (C=O) groups is 2. The van der Waals surface area contributed by atoms with E-state index < -0.39 is 37.3 Å². The number of carbonyl (C=O) groups excluding carboxylic acids is 1. The number of hydrogen-bond donors (Lipinski definition) is 2. The second-order valence-corrected chi connectivity index (χ2v) is 5.92. The Morgan fingerprint density at radius 1 is 1.48 bits per heavy atom. The van der Waals surface area contributed by atoms with Gasteiger partial charge in [0.05, 0.1) is 10.4 Å². The number of halogens is 4. The van der Waals surface area contributed by atoms with Crippen LogP contribution in [-0.2, 0) is 4.79 Å². The van der Waals surface area contributed by atoms with E-state index in [9.17, 15) is 22.8 Å². The smallest absolute Gasteiger partial charge is 0.406 e. The number of nitrogens with zero attached hydrogens (tertiary/aromatic N) is 1. The molecule has 1 heterocycles. The normalized spacial score (nSPS) is 12.8. The third-order valence-electron chi connectivity index (χ3n) is 2.34. The van der Waals surface area contributed by atoms with Crippen molar-refractivity contribution >= 4 is 34.9 Å². The number of rotatable bonds is 5. The lowest BCUT2D eigenvalue weighted by Gasteiger charge is -2.24. The van der Waals surface area contributed by atoms with Gasteiger partial charge in [-0.1, -0.05) is 11.6 Å². The highest BCUT2D eigenvalue weighted by Crippen LogP contribution is 2.26. The van der Waals surface area contributed by atoms with Crippen LogP contribution < -0.4 is 5.32 Å². The van der Waals surface area contributed by atoms with Gasteiger partial charge in [0, 0.05) is 4.88 Å². The highest BCUT2D eigenvalue weighted by atomic mass is 35.5. The van der Waals surface area contributed by atoms with Gasteiger partial charge in [-0.15, -0.1) is 11.3 Å². The lowest BCUT2D eigenvalue weighted by Crippen LogP contribution is -2.47. The summed E-state index contributed by atoms with van der Waals surface area (Å²) in [7, 11) is 0. The molecule has 2 N–H and O–H groups in total. The van der Waals surface area contributed by atoms with Crippen LogP contribution in [0.2, 0.25) is 4.34 Å². The first-order chi connectivity index (χ1) is 9.58. The van der Waals surface area contributed by atoms with Gasteiger partial charge in [-0.3, -0.25) is 4.79 Å². The highest BCUT2D eigenvalue weighted by molar-refractivity contribution is 7.16. The molecule has 5 nitrogen and oxygen atoms in total. The molecule has 0 aliphatic heterocycles. The van der Waals surface area contributed by atoms with E-state index in [4.69, 9.17) is 16.7 Å². The molecule has 21 heavy (non-hydrogen) atoms. The van der Waals surface area contributed by atoms with E-state index in [2.05, 4.69) is 5.32 Å². The molecular weight excluding hydrogens is 333 g/mol. The van der Waals surface area contributed by atoms with Crippen molar-refractivity contribution in [1.82, 2.24) is 10.2 Å². The molecule has 0 aliphatic carbocycles. The van der Waals surface area contributed by atoms with Gasteiger partial charge in [-0.2, -0.15) is 13.2 Å². The molecule has 0 spiro atoms. The van der Waals surface area contributed by atoms with E-state index in [0.717, 1.165) is 0 Å². The van der Waals surface area contributed by atoms with Crippen molar-refractivity contribution < 1.29 is 27.9 Å². The van der Waals surface area contributed by atoms with Crippen molar-refractivity contribution in [1.29, 1.82) is 0 Å². The Morgan fingerprint density at radius 3 is 2.52 bits per heavy atom. The van der Waals surface area contributed by atoms with E-state index in [1.54, 1.807) is 19.1 Å². The molecule has 0 radical (unpaired) electrons. The first-order valence-corrected chi connectivity index (χ1v) is 6.87. The Bertz CT molecular complexity index is 521. The lowest BCUT2D eigenvalue weighted by atomic mass is 10.3. The number of alkyl halides is 3. The van der Waals surface area contributed by atoms with Crippen LogP contribution in [0.5, 0.6) is 0 Å². The molecule has 1 aromatic heterocycles. The number of thiophene rings is 1. The summed E-state index contributed by atoms with van der Waals surface area (Å²) in [6, 6.07) is 1.53. The predicted molar refractivity (Wildman–Crippen MR) is 71.5 cm³/mol. The molecule has 2 amide bonds. The molecule has 0 aromatic carbocycles. The lowest BCUT2D eigenvalue weighted by molar-refractivity contribution is -0.149. The van der Waals surface area contributed by atoms with E-state index in [1.165, 1.54) is 11.3 Å². The van der Waals surface area contributed by atoms with Crippen LogP contribution in [0, 0.1) is 0 Å². The number of nitrogens with one attached hydrogen (secondary N) is 1. The summed E-state index contributed by atoms with van der Waals surface area (Å²) in [5.74, 6) is -1.53. The van der Waals surface area contributed by atoms with Crippen molar-refractivity contribution in [3.8, 4) is 0 Å². The van der Waals surface area contributed by atoms with Crippen molar-refractivity contribution in [2.24, 2.45) is 0 Å². The third kappa shape index (κ3) is 6.21. The Kier molecular flexibility index (Phi) is 5.85. The maximum atomic E-state index is 12.4. The summed E-state index contributed by atoms with van der Waals surface area (Å²) in [6.07, 6.45) is -4.68. The monoisotopic (exact) mass is 344 g/mol. The molecule has 118 valence electrons. The number of aliphatic carboxylic acids is 1. The average molecular weight is 345 g/mol. The Morgan fingerprint density at radius 2 is 2.10 bits per heavy atom. The van der Waals surface area contributed by atoms with Crippen LogP contribution in [0.25, 0.3) is 0 Å². The van der Waals surface area contributed by atoms with E-state index in [-0.39, 0.29) is 4.90 Å². The van der Waals surface area contributed by atoms with E-state index in [1.807, 2.05) is 0 Å².